The molecule has 4 aliphatic rings. The number of hydrogen-bond donors (Lipinski definition) is 1. The van der Waals surface area contributed by atoms with E-state index in [4.69, 9.17) is 0 Å². The van der Waals surface area contributed by atoms with E-state index >= 15 is 0 Å². The van der Waals surface area contributed by atoms with Crippen LogP contribution in [0.2, 0.25) is 0 Å². The third kappa shape index (κ3) is 4.31. The van der Waals surface area contributed by atoms with Crippen LogP contribution in [0.15, 0.2) is 11.6 Å². The van der Waals surface area contributed by atoms with Crippen LogP contribution in [0, 0.1) is 46.3 Å². The Balaban J connectivity index is 0.00000240. The minimum atomic E-state index is -0.0766. The van der Waals surface area contributed by atoms with Crippen molar-refractivity contribution < 1.29 is 5.11 Å². The summed E-state index contributed by atoms with van der Waals surface area (Å²) in [6, 6.07) is 0. The third-order valence-electron chi connectivity index (χ3n) is 10.3. The molecule has 29 heavy (non-hydrogen) atoms. The van der Waals surface area contributed by atoms with Crippen LogP contribution in [0.25, 0.3) is 0 Å². The van der Waals surface area contributed by atoms with Crippen molar-refractivity contribution in [1.82, 2.24) is 0 Å². The Hall–Kier alpha value is 0.622. The quantitative estimate of drug-likeness (QED) is 0.285. The van der Waals surface area contributed by atoms with Crippen molar-refractivity contribution in [3.8, 4) is 0 Å². The Morgan fingerprint density at radius 2 is 1.76 bits per heavy atom. The van der Waals surface area contributed by atoms with Gasteiger partial charge in [0.2, 0.25) is 0 Å². The maximum absolute atomic E-state index is 10.2. The van der Waals surface area contributed by atoms with E-state index in [1.165, 1.54) is 57.8 Å². The summed E-state index contributed by atoms with van der Waals surface area (Å²) in [6.45, 7) is 12.6. The van der Waals surface area contributed by atoms with Crippen LogP contribution in [-0.4, -0.2) is 38.5 Å². The van der Waals surface area contributed by atoms with Crippen molar-refractivity contribution >= 4 is 27.3 Å². The Labute approximate surface area is 201 Å². The molecule has 4 rings (SSSR count). The van der Waals surface area contributed by atoms with Gasteiger partial charge in [0.15, 0.2) is 0 Å². The summed E-state index contributed by atoms with van der Waals surface area (Å²) >= 11 is 0. The van der Waals surface area contributed by atoms with Gasteiger partial charge in [0.1, 0.15) is 0 Å². The number of rotatable bonds is 5. The van der Waals surface area contributed by atoms with Gasteiger partial charge in [-0.3, -0.25) is 0 Å². The zero-order chi connectivity index (χ0) is 20.1. The van der Waals surface area contributed by atoms with Crippen LogP contribution in [0.5, 0.6) is 0 Å². The van der Waals surface area contributed by atoms with Crippen molar-refractivity contribution in [2.75, 3.05) is 0 Å². The summed E-state index contributed by atoms with van der Waals surface area (Å²) in [6.07, 6.45) is 17.2. The Morgan fingerprint density at radius 1 is 1.00 bits per heavy atom. The average molecular weight is 596 g/mol. The van der Waals surface area contributed by atoms with Crippen molar-refractivity contribution in [2.45, 2.75) is 111 Å². The molecule has 0 aromatic heterocycles. The third-order valence-corrected chi connectivity index (χ3v) is 10.3. The fourth-order valence-corrected chi connectivity index (χ4v) is 8.67. The second kappa shape index (κ2) is 9.24. The van der Waals surface area contributed by atoms with Crippen LogP contribution in [0.1, 0.15) is 105 Å². The fourth-order valence-electron chi connectivity index (χ4n) is 8.67. The van der Waals surface area contributed by atoms with E-state index in [-0.39, 0.29) is 33.4 Å². The molecule has 3 saturated carbocycles. The summed E-state index contributed by atoms with van der Waals surface area (Å²) in [5.41, 5.74) is 2.60. The zero-order valence-electron chi connectivity index (χ0n) is 20.1. The Bertz CT molecular complexity index is 597. The van der Waals surface area contributed by atoms with Crippen LogP contribution in [0.3, 0.4) is 0 Å². The molecule has 0 spiro atoms. The molecule has 2 radical (unpaired) electrons. The second-order valence-electron chi connectivity index (χ2n) is 12.2. The molecule has 1 unspecified atom stereocenters. The van der Waals surface area contributed by atoms with E-state index in [9.17, 15) is 5.11 Å². The van der Waals surface area contributed by atoms with Gasteiger partial charge in [0.25, 0.3) is 0 Å². The first-order valence-corrected chi connectivity index (χ1v) is 12.6. The van der Waals surface area contributed by atoms with Gasteiger partial charge in [0, 0.05) is 0 Å². The fraction of sp³-hybridized carbons (Fsp3) is 0.926. The number of hydrogen-bond acceptors (Lipinski definition) is 1. The van der Waals surface area contributed by atoms with E-state index in [0.29, 0.717) is 10.8 Å². The molecule has 3 fully saturated rings. The first-order chi connectivity index (χ1) is 13.3. The van der Waals surface area contributed by atoms with Gasteiger partial charge < -0.3 is 5.11 Å². The molecule has 0 saturated heterocycles. The Kier molecular flexibility index (Phi) is 7.73. The van der Waals surface area contributed by atoms with Crippen LogP contribution < -0.4 is 0 Å². The predicted molar refractivity (Wildman–Crippen MR) is 128 cm³/mol. The molecule has 0 amide bonds. The van der Waals surface area contributed by atoms with Crippen LogP contribution >= 0.6 is 0 Å². The summed E-state index contributed by atoms with van der Waals surface area (Å²) in [4.78, 5) is 0. The molecule has 0 bridgehead atoms. The molecule has 0 aromatic rings. The molecular weight excluding hydrogens is 547 g/mol. The topological polar surface area (TPSA) is 20.2 Å². The standard InChI is InChI=1S/C27H46O.Pb.2H/c1-18(2)7-6-8-19(3)23-11-12-24-22-10-9-20-17-21(28)13-15-26(20,4)25(22)14-16-27(23,24)5;;;/h9,18-19,21-25,28H,6-8,10-17H2,1-5H3;;;/t19?,21-,22-,23+,24-,25-,26-,27+;;;/m0.../s1. The van der Waals surface area contributed by atoms with Gasteiger partial charge in [-0.2, -0.15) is 0 Å². The number of allylic oxidation sites excluding steroid dienone is 1. The molecule has 1 nitrogen and oxygen atoms in total. The number of aliphatic hydroxyl groups is 1. The van der Waals surface area contributed by atoms with Gasteiger partial charge in [-0.1, -0.05) is 65.5 Å². The van der Waals surface area contributed by atoms with E-state index in [2.05, 4.69) is 40.7 Å². The second-order valence-corrected chi connectivity index (χ2v) is 12.2. The zero-order valence-corrected chi connectivity index (χ0v) is 25.5. The molecule has 4 aliphatic carbocycles. The summed E-state index contributed by atoms with van der Waals surface area (Å²) in [7, 11) is 0. The van der Waals surface area contributed by atoms with Crippen molar-refractivity contribution in [3.63, 3.8) is 0 Å². The minimum absolute atomic E-state index is 0. The molecule has 2 heteroatoms. The van der Waals surface area contributed by atoms with Crippen molar-refractivity contribution in [1.29, 1.82) is 0 Å². The van der Waals surface area contributed by atoms with Crippen LogP contribution in [-0.2, 0) is 0 Å². The molecule has 0 aromatic carbocycles. The SMILES string of the molecule is CC(C)CCCC(C)[C@H]1CC[C@H]2[C@@H]3CC=C4C[C@@H](O)CC[C@]4(C)[C@H]3CC[C@]12C.[PbH2]. The molecule has 8 atom stereocenters. The maximum atomic E-state index is 10.2. The van der Waals surface area contributed by atoms with E-state index in [0.717, 1.165) is 48.3 Å². The first kappa shape index (κ1) is 24.3. The average Bonchev–Trinajstić information content (AvgIpc) is 2.99. The summed E-state index contributed by atoms with van der Waals surface area (Å²) < 4.78 is 0. The monoisotopic (exact) mass is 596 g/mol. The summed E-state index contributed by atoms with van der Waals surface area (Å²) in [5, 5.41) is 10.2. The predicted octanol–water partition coefficient (Wildman–Crippen LogP) is 6.47. The van der Waals surface area contributed by atoms with E-state index < -0.39 is 0 Å². The van der Waals surface area contributed by atoms with E-state index in [1.54, 1.807) is 5.57 Å². The van der Waals surface area contributed by atoms with Gasteiger partial charge in [-0.15, -0.1) is 0 Å². The molecule has 1 N–H and O–H groups in total. The number of aliphatic hydroxyl groups excluding tert-OH is 1. The molecule has 0 aliphatic heterocycles. The van der Waals surface area contributed by atoms with Gasteiger partial charge in [-0.25, -0.2) is 0 Å². The molecule has 0 heterocycles. The van der Waals surface area contributed by atoms with Crippen molar-refractivity contribution in [3.05, 3.63) is 11.6 Å². The Morgan fingerprint density at radius 3 is 2.48 bits per heavy atom. The van der Waals surface area contributed by atoms with Gasteiger partial charge in [0.05, 0.1) is 6.10 Å². The van der Waals surface area contributed by atoms with E-state index in [1.807, 2.05) is 0 Å². The van der Waals surface area contributed by atoms with Gasteiger partial charge in [-0.05, 0) is 97.7 Å². The number of fused-ring (bicyclic) bond motifs is 5. The van der Waals surface area contributed by atoms with Crippen molar-refractivity contribution in [2.24, 2.45) is 46.3 Å². The first-order valence-electron chi connectivity index (χ1n) is 12.6. The van der Waals surface area contributed by atoms with Crippen LogP contribution in [0.4, 0.5) is 0 Å². The van der Waals surface area contributed by atoms with Gasteiger partial charge >= 0.3 is 27.3 Å². The molecule has 166 valence electrons. The molecular formula is C27H48OPb. The summed E-state index contributed by atoms with van der Waals surface area (Å²) in [5.74, 6) is 5.46. The normalized spacial score (nSPS) is 44.9.